The minimum atomic E-state index is -0.434. The van der Waals surface area contributed by atoms with Gasteiger partial charge in [0.15, 0.2) is 0 Å². The van der Waals surface area contributed by atoms with Gasteiger partial charge in [-0.2, -0.15) is 5.10 Å². The van der Waals surface area contributed by atoms with Crippen LogP contribution in [0.3, 0.4) is 0 Å². The maximum absolute atomic E-state index is 10.7. The molecule has 0 fully saturated rings. The Labute approximate surface area is 150 Å². The number of hydrazone groups is 1. The third kappa shape index (κ3) is 4.67. The first-order valence-electron chi connectivity index (χ1n) is 8.01. The number of para-hydroxylation sites is 1. The second-order valence-electron chi connectivity index (χ2n) is 5.47. The van der Waals surface area contributed by atoms with Gasteiger partial charge in [0, 0.05) is 17.7 Å². The summed E-state index contributed by atoms with van der Waals surface area (Å²) in [7, 11) is 0. The summed E-state index contributed by atoms with van der Waals surface area (Å²) in [6.07, 6.45) is 1.70. The predicted octanol–water partition coefficient (Wildman–Crippen LogP) is 4.62. The molecule has 0 aliphatic carbocycles. The highest BCUT2D eigenvalue weighted by atomic mass is 16.6. The fourth-order valence-corrected chi connectivity index (χ4v) is 2.30. The van der Waals surface area contributed by atoms with Crippen LogP contribution in [0.2, 0.25) is 0 Å². The van der Waals surface area contributed by atoms with Crippen LogP contribution in [0.4, 0.5) is 11.4 Å². The number of non-ortho nitro benzene ring substituents is 1. The molecule has 3 aromatic rings. The van der Waals surface area contributed by atoms with Crippen molar-refractivity contribution < 1.29 is 9.66 Å². The molecule has 0 unspecified atom stereocenters. The molecule has 0 aliphatic rings. The van der Waals surface area contributed by atoms with Gasteiger partial charge in [0.05, 0.1) is 16.8 Å². The molecule has 0 atom stereocenters. The summed E-state index contributed by atoms with van der Waals surface area (Å²) < 4.78 is 5.79. The molecule has 130 valence electrons. The first-order valence-corrected chi connectivity index (χ1v) is 8.01. The van der Waals surface area contributed by atoms with E-state index in [0.717, 1.165) is 16.9 Å². The number of nitrogens with zero attached hydrogens (tertiary/aromatic N) is 2. The van der Waals surface area contributed by atoms with Crippen LogP contribution in [0.25, 0.3) is 0 Å². The molecule has 0 aromatic heterocycles. The molecule has 3 rings (SSSR count). The lowest BCUT2D eigenvalue weighted by atomic mass is 10.1. The SMILES string of the molecule is O=[N+]([O-])c1ccc(N/N=C/c2ccccc2COc2ccccc2)cc1. The monoisotopic (exact) mass is 347 g/mol. The predicted molar refractivity (Wildman–Crippen MR) is 102 cm³/mol. The van der Waals surface area contributed by atoms with Gasteiger partial charge in [-0.1, -0.05) is 42.5 Å². The second kappa shape index (κ2) is 8.43. The summed E-state index contributed by atoms with van der Waals surface area (Å²) in [5.41, 5.74) is 5.52. The van der Waals surface area contributed by atoms with E-state index in [1.54, 1.807) is 18.3 Å². The number of nitro groups is 1. The van der Waals surface area contributed by atoms with Crippen molar-refractivity contribution in [2.24, 2.45) is 5.10 Å². The summed E-state index contributed by atoms with van der Waals surface area (Å²) >= 11 is 0. The number of hydrogen-bond acceptors (Lipinski definition) is 5. The number of nitro benzene ring substituents is 1. The van der Waals surface area contributed by atoms with Gasteiger partial charge in [0.1, 0.15) is 12.4 Å². The summed E-state index contributed by atoms with van der Waals surface area (Å²) in [6, 6.07) is 23.5. The Morgan fingerprint density at radius 2 is 1.65 bits per heavy atom. The average Bonchev–Trinajstić information content (AvgIpc) is 2.68. The maximum Gasteiger partial charge on any atom is 0.269 e. The molecule has 1 N–H and O–H groups in total. The Balaban J connectivity index is 1.64. The fraction of sp³-hybridized carbons (Fsp3) is 0.0500. The Bertz CT molecular complexity index is 894. The Morgan fingerprint density at radius 3 is 2.38 bits per heavy atom. The molecule has 0 aliphatic heterocycles. The molecular weight excluding hydrogens is 330 g/mol. The van der Waals surface area contributed by atoms with Gasteiger partial charge >= 0.3 is 0 Å². The van der Waals surface area contributed by atoms with Crippen LogP contribution < -0.4 is 10.2 Å². The van der Waals surface area contributed by atoms with E-state index in [1.807, 2.05) is 54.6 Å². The molecule has 0 heterocycles. The number of anilines is 1. The van der Waals surface area contributed by atoms with Crippen LogP contribution in [0.5, 0.6) is 5.75 Å². The summed E-state index contributed by atoms with van der Waals surface area (Å²) in [5.74, 6) is 0.809. The minimum Gasteiger partial charge on any atom is -0.489 e. The first-order chi connectivity index (χ1) is 12.7. The van der Waals surface area contributed by atoms with E-state index in [9.17, 15) is 10.1 Å². The van der Waals surface area contributed by atoms with Gasteiger partial charge < -0.3 is 4.74 Å². The third-order valence-corrected chi connectivity index (χ3v) is 3.67. The summed E-state index contributed by atoms with van der Waals surface area (Å²) in [6.45, 7) is 0.434. The van der Waals surface area contributed by atoms with Crippen molar-refractivity contribution in [2.45, 2.75) is 6.61 Å². The third-order valence-electron chi connectivity index (χ3n) is 3.67. The minimum absolute atomic E-state index is 0.0444. The average molecular weight is 347 g/mol. The van der Waals surface area contributed by atoms with Crippen LogP contribution >= 0.6 is 0 Å². The van der Waals surface area contributed by atoms with E-state index in [1.165, 1.54) is 12.1 Å². The highest BCUT2D eigenvalue weighted by molar-refractivity contribution is 5.82. The topological polar surface area (TPSA) is 76.8 Å². The van der Waals surface area contributed by atoms with Gasteiger partial charge in [0.25, 0.3) is 5.69 Å². The largest absolute Gasteiger partial charge is 0.489 e. The molecular formula is C20H17N3O3. The molecule has 0 radical (unpaired) electrons. The normalized spacial score (nSPS) is 10.6. The lowest BCUT2D eigenvalue weighted by molar-refractivity contribution is -0.384. The van der Waals surface area contributed by atoms with E-state index >= 15 is 0 Å². The molecule has 0 spiro atoms. The summed E-state index contributed by atoms with van der Waals surface area (Å²) in [5, 5.41) is 14.9. The van der Waals surface area contributed by atoms with Crippen LogP contribution in [0.1, 0.15) is 11.1 Å². The van der Waals surface area contributed by atoms with E-state index < -0.39 is 4.92 Å². The van der Waals surface area contributed by atoms with Crippen molar-refractivity contribution in [1.82, 2.24) is 0 Å². The highest BCUT2D eigenvalue weighted by Crippen LogP contribution is 2.16. The fourth-order valence-electron chi connectivity index (χ4n) is 2.30. The van der Waals surface area contributed by atoms with E-state index in [2.05, 4.69) is 10.5 Å². The molecule has 6 heteroatoms. The van der Waals surface area contributed by atoms with Crippen molar-refractivity contribution in [3.63, 3.8) is 0 Å². The number of rotatable bonds is 7. The molecule has 3 aromatic carbocycles. The van der Waals surface area contributed by atoms with Crippen LogP contribution in [0.15, 0.2) is 84.0 Å². The lowest BCUT2D eigenvalue weighted by Gasteiger charge is -2.08. The van der Waals surface area contributed by atoms with Crippen molar-refractivity contribution >= 4 is 17.6 Å². The van der Waals surface area contributed by atoms with Gasteiger partial charge in [-0.25, -0.2) is 0 Å². The maximum atomic E-state index is 10.7. The zero-order chi connectivity index (χ0) is 18.2. The van der Waals surface area contributed by atoms with Crippen molar-refractivity contribution in [3.05, 3.63) is 100 Å². The van der Waals surface area contributed by atoms with Crippen molar-refractivity contribution in [1.29, 1.82) is 0 Å². The number of hydrogen-bond donors (Lipinski definition) is 1. The molecule has 0 amide bonds. The summed E-state index contributed by atoms with van der Waals surface area (Å²) in [4.78, 5) is 10.2. The highest BCUT2D eigenvalue weighted by Gasteiger charge is 2.03. The van der Waals surface area contributed by atoms with Gasteiger partial charge in [-0.3, -0.25) is 15.5 Å². The van der Waals surface area contributed by atoms with E-state index in [0.29, 0.717) is 12.3 Å². The second-order valence-corrected chi connectivity index (χ2v) is 5.47. The zero-order valence-electron chi connectivity index (χ0n) is 13.9. The standard InChI is InChI=1S/C20H17N3O3/c24-23(25)19-12-10-18(11-13-19)22-21-14-16-6-4-5-7-17(16)15-26-20-8-2-1-3-9-20/h1-14,22H,15H2/b21-14+. The van der Waals surface area contributed by atoms with Gasteiger partial charge in [-0.05, 0) is 29.8 Å². The molecule has 0 saturated heterocycles. The van der Waals surface area contributed by atoms with Gasteiger partial charge in [-0.15, -0.1) is 0 Å². The molecule has 0 bridgehead atoms. The Morgan fingerprint density at radius 1 is 0.962 bits per heavy atom. The van der Waals surface area contributed by atoms with Crippen LogP contribution in [0, 0.1) is 10.1 Å². The smallest absolute Gasteiger partial charge is 0.269 e. The number of benzene rings is 3. The van der Waals surface area contributed by atoms with Crippen LogP contribution in [-0.2, 0) is 6.61 Å². The van der Waals surface area contributed by atoms with E-state index in [4.69, 9.17) is 4.74 Å². The molecule has 26 heavy (non-hydrogen) atoms. The van der Waals surface area contributed by atoms with Crippen LogP contribution in [-0.4, -0.2) is 11.1 Å². The number of nitrogens with one attached hydrogen (secondary N) is 1. The molecule has 6 nitrogen and oxygen atoms in total. The lowest BCUT2D eigenvalue weighted by Crippen LogP contribution is -2.00. The number of ether oxygens (including phenoxy) is 1. The van der Waals surface area contributed by atoms with E-state index in [-0.39, 0.29) is 5.69 Å². The van der Waals surface area contributed by atoms with Crippen molar-refractivity contribution in [2.75, 3.05) is 5.43 Å². The van der Waals surface area contributed by atoms with Gasteiger partial charge in [0.2, 0.25) is 0 Å². The molecule has 0 saturated carbocycles. The Kier molecular flexibility index (Phi) is 5.57. The Hall–Kier alpha value is -3.67. The first kappa shape index (κ1) is 17.2. The zero-order valence-corrected chi connectivity index (χ0v) is 13.9. The van der Waals surface area contributed by atoms with Crippen molar-refractivity contribution in [3.8, 4) is 5.75 Å². The quantitative estimate of drug-likeness (QED) is 0.384.